The number of rotatable bonds is 7. The second-order valence-corrected chi connectivity index (χ2v) is 18.4. The van der Waals surface area contributed by atoms with Crippen molar-refractivity contribution in [1.82, 2.24) is 0 Å². The van der Waals surface area contributed by atoms with Crippen molar-refractivity contribution in [3.63, 3.8) is 0 Å². The highest BCUT2D eigenvalue weighted by Crippen LogP contribution is 2.47. The number of carbonyl (C=O) groups is 1. The minimum absolute atomic E-state index is 0.0651. The number of amides is 1. The first-order valence-corrected chi connectivity index (χ1v) is 16.4. The van der Waals surface area contributed by atoms with E-state index < -0.39 is 26.6 Å². The van der Waals surface area contributed by atoms with Crippen molar-refractivity contribution in [1.29, 1.82) is 0 Å². The lowest BCUT2D eigenvalue weighted by atomic mass is 9.75. The third-order valence-corrected chi connectivity index (χ3v) is 13.7. The number of benzene rings is 2. The second kappa shape index (κ2) is 9.37. The van der Waals surface area contributed by atoms with E-state index in [1.165, 1.54) is 18.4 Å². The van der Waals surface area contributed by atoms with E-state index in [1.54, 1.807) is 0 Å². The highest BCUT2D eigenvalue weighted by Gasteiger charge is 2.52. The van der Waals surface area contributed by atoms with Crippen LogP contribution in [0.2, 0.25) is 18.1 Å². The summed E-state index contributed by atoms with van der Waals surface area (Å²) in [5.74, 6) is -0.132. The third-order valence-electron chi connectivity index (χ3n) is 9.20. The molecule has 2 aliphatic rings. The van der Waals surface area contributed by atoms with Gasteiger partial charge in [0.05, 0.1) is 17.8 Å². The molecule has 1 saturated heterocycles. The van der Waals surface area contributed by atoms with Crippen LogP contribution in [0.15, 0.2) is 42.5 Å². The molecule has 2 aromatic carbocycles. The number of nitrogens with one attached hydrogen (secondary N) is 1. The average Bonchev–Trinajstić information content (AvgIpc) is 3.50. The second-order valence-electron chi connectivity index (χ2n) is 13.6. The zero-order valence-corrected chi connectivity index (χ0v) is 25.4. The molecule has 2 aromatic rings. The zero-order chi connectivity index (χ0) is 27.4. The Balaban J connectivity index is 1.65. The normalized spacial score (nSPS) is 20.1. The van der Waals surface area contributed by atoms with Crippen LogP contribution < -0.4 is 10.8 Å². The van der Waals surface area contributed by atoms with Crippen molar-refractivity contribution in [3.8, 4) is 0 Å². The van der Waals surface area contributed by atoms with Gasteiger partial charge in [0.2, 0.25) is 0 Å². The molecule has 0 atom stereocenters. The smallest absolute Gasteiger partial charge is 0.412 e. The van der Waals surface area contributed by atoms with Gasteiger partial charge in [-0.05, 0) is 98.9 Å². The molecular formula is C30H44BNO4Si. The van der Waals surface area contributed by atoms with Gasteiger partial charge in [-0.25, -0.2) is 0 Å². The van der Waals surface area contributed by atoms with Crippen molar-refractivity contribution in [3.05, 3.63) is 59.2 Å². The Morgan fingerprint density at radius 1 is 0.973 bits per heavy atom. The van der Waals surface area contributed by atoms with E-state index in [4.69, 9.17) is 13.7 Å². The van der Waals surface area contributed by atoms with E-state index in [1.807, 2.05) is 30.3 Å². The molecule has 0 spiro atoms. The van der Waals surface area contributed by atoms with Gasteiger partial charge in [0, 0.05) is 11.3 Å². The summed E-state index contributed by atoms with van der Waals surface area (Å²) in [6.07, 6.45) is 2.42. The van der Waals surface area contributed by atoms with Gasteiger partial charge >= 0.3 is 7.12 Å². The molecule has 5 nitrogen and oxygen atoms in total. The van der Waals surface area contributed by atoms with E-state index in [9.17, 15) is 4.79 Å². The minimum atomic E-state index is -2.05. The van der Waals surface area contributed by atoms with Crippen LogP contribution in [0.25, 0.3) is 0 Å². The van der Waals surface area contributed by atoms with Gasteiger partial charge in [-0.1, -0.05) is 52.0 Å². The lowest BCUT2D eigenvalue weighted by Crippen LogP contribution is -2.42. The molecule has 1 aliphatic carbocycles. The molecule has 0 bridgehead atoms. The molecule has 0 aromatic heterocycles. The van der Waals surface area contributed by atoms with E-state index in [-0.39, 0.29) is 16.4 Å². The first-order valence-electron chi connectivity index (χ1n) is 13.5. The molecule has 0 unspecified atom stereocenters. The van der Waals surface area contributed by atoms with Gasteiger partial charge in [0.1, 0.15) is 0 Å². The van der Waals surface area contributed by atoms with Gasteiger partial charge in [-0.3, -0.25) is 4.79 Å². The molecule has 1 amide bonds. The Bertz CT molecular complexity index is 1150. The van der Waals surface area contributed by atoms with Gasteiger partial charge < -0.3 is 19.1 Å². The van der Waals surface area contributed by atoms with Crippen molar-refractivity contribution in [2.75, 3.05) is 5.32 Å². The fraction of sp³-hybridized carbons (Fsp3) is 0.567. The predicted octanol–water partition coefficient (Wildman–Crippen LogP) is 6.81. The monoisotopic (exact) mass is 521 g/mol. The summed E-state index contributed by atoms with van der Waals surface area (Å²) in [4.78, 5) is 13.3. The molecule has 1 saturated carbocycles. The third kappa shape index (κ3) is 5.61. The number of hydrogen-bond acceptors (Lipinski definition) is 4. The molecule has 1 N–H and O–H groups in total. The largest absolute Gasteiger partial charge is 0.495 e. The van der Waals surface area contributed by atoms with Crippen LogP contribution in [0.1, 0.15) is 89.7 Å². The summed E-state index contributed by atoms with van der Waals surface area (Å²) in [5, 5.41) is 3.23. The maximum atomic E-state index is 13.3. The molecule has 0 radical (unpaired) electrons. The molecule has 2 fully saturated rings. The highest BCUT2D eigenvalue weighted by atomic mass is 28.4. The summed E-state index contributed by atoms with van der Waals surface area (Å²) in [6.45, 7) is 22.0. The van der Waals surface area contributed by atoms with Crippen LogP contribution in [0.3, 0.4) is 0 Å². The van der Waals surface area contributed by atoms with Gasteiger partial charge in [-0.2, -0.15) is 0 Å². The minimum Gasteiger partial charge on any atom is -0.412 e. The quantitative estimate of drug-likeness (QED) is 0.407. The van der Waals surface area contributed by atoms with Crippen molar-refractivity contribution in [2.24, 2.45) is 0 Å². The molecule has 37 heavy (non-hydrogen) atoms. The Morgan fingerprint density at radius 3 is 2.05 bits per heavy atom. The van der Waals surface area contributed by atoms with Crippen LogP contribution in [0.5, 0.6) is 0 Å². The summed E-state index contributed by atoms with van der Waals surface area (Å²) in [6, 6.07) is 13.9. The summed E-state index contributed by atoms with van der Waals surface area (Å²) in [5.41, 5.74) is 3.83. The predicted molar refractivity (Wildman–Crippen MR) is 155 cm³/mol. The fourth-order valence-corrected chi connectivity index (χ4v) is 5.18. The summed E-state index contributed by atoms with van der Waals surface area (Å²) >= 11 is 0. The Labute approximate surface area is 224 Å². The molecule has 1 heterocycles. The van der Waals surface area contributed by atoms with Gasteiger partial charge in [-0.15, -0.1) is 0 Å². The van der Waals surface area contributed by atoms with E-state index >= 15 is 0 Å². The topological polar surface area (TPSA) is 56.8 Å². The van der Waals surface area contributed by atoms with Crippen LogP contribution in [-0.2, 0) is 25.8 Å². The van der Waals surface area contributed by atoms with Gasteiger partial charge in [0.15, 0.2) is 8.32 Å². The molecule has 1 aliphatic heterocycles. The zero-order valence-electron chi connectivity index (χ0n) is 24.4. The lowest BCUT2D eigenvalue weighted by molar-refractivity contribution is 0.00578. The summed E-state index contributed by atoms with van der Waals surface area (Å²) in [7, 11) is -2.59. The fourth-order valence-electron chi connectivity index (χ4n) is 4.24. The molecular weight excluding hydrogens is 477 g/mol. The SMILES string of the molecule is CC1(c2ccc(C(=O)Nc3cccc(B4OC(C)(C)C(C)(C)O4)c3CO[Si](C)(C)C(C)(C)C)cc2)CC1. The van der Waals surface area contributed by atoms with E-state index in [0.29, 0.717) is 12.2 Å². The maximum Gasteiger partial charge on any atom is 0.495 e. The first-order chi connectivity index (χ1) is 17.0. The molecule has 4 rings (SSSR count). The van der Waals surface area contributed by atoms with E-state index in [0.717, 1.165) is 16.7 Å². The average molecular weight is 522 g/mol. The van der Waals surface area contributed by atoms with Crippen LogP contribution >= 0.6 is 0 Å². The lowest BCUT2D eigenvalue weighted by Gasteiger charge is -2.36. The highest BCUT2D eigenvalue weighted by molar-refractivity contribution is 6.74. The Hall–Kier alpha value is -1.93. The standard InChI is InChI=1S/C30H44BNO4Si/c1-27(2,3)37(9,10)34-20-23-24(31-35-28(4,5)29(6,7)36-31)12-11-13-25(23)32-26(33)21-14-16-22(17-15-21)30(8)18-19-30/h11-17H,18-20H2,1-10H3,(H,32,33). The molecule has 200 valence electrons. The molecule has 7 heteroatoms. The van der Waals surface area contributed by atoms with Crippen LogP contribution in [0, 0.1) is 0 Å². The van der Waals surface area contributed by atoms with Crippen molar-refractivity contribution < 1.29 is 18.5 Å². The van der Waals surface area contributed by atoms with Crippen molar-refractivity contribution >= 4 is 32.5 Å². The number of carbonyl (C=O) groups excluding carboxylic acids is 1. The Morgan fingerprint density at radius 2 is 1.54 bits per heavy atom. The first kappa shape index (κ1) is 28.1. The maximum absolute atomic E-state index is 13.3. The summed E-state index contributed by atoms with van der Waals surface area (Å²) < 4.78 is 19.5. The van der Waals surface area contributed by atoms with Crippen LogP contribution in [-0.4, -0.2) is 32.5 Å². The Kier molecular flexibility index (Phi) is 7.11. The van der Waals surface area contributed by atoms with E-state index in [2.05, 4.69) is 85.9 Å². The van der Waals surface area contributed by atoms with Crippen LogP contribution in [0.4, 0.5) is 5.69 Å². The van der Waals surface area contributed by atoms with Crippen molar-refractivity contribution in [2.45, 2.75) is 110 Å². The number of hydrogen-bond donors (Lipinski definition) is 1. The van der Waals surface area contributed by atoms with Gasteiger partial charge in [0.25, 0.3) is 5.91 Å². The number of anilines is 1.